The predicted molar refractivity (Wildman–Crippen MR) is 290 cm³/mol. The van der Waals surface area contributed by atoms with Gasteiger partial charge in [-0.05, 0) is 115 Å². The van der Waals surface area contributed by atoms with Crippen LogP contribution in [0.2, 0.25) is 0 Å². The van der Waals surface area contributed by atoms with Crippen molar-refractivity contribution in [2.24, 2.45) is 9.98 Å². The van der Waals surface area contributed by atoms with E-state index in [1.807, 2.05) is 0 Å². The van der Waals surface area contributed by atoms with E-state index in [1.54, 1.807) is 0 Å². The van der Waals surface area contributed by atoms with Crippen LogP contribution in [0.4, 0.5) is 0 Å². The Bertz CT molecular complexity index is 4150. The zero-order valence-electron chi connectivity index (χ0n) is 37.7. The molecule has 1 aliphatic heterocycles. The van der Waals surface area contributed by atoms with E-state index in [0.717, 1.165) is 80.1 Å². The molecule has 1 aliphatic carbocycles. The third-order valence-electron chi connectivity index (χ3n) is 14.3. The summed E-state index contributed by atoms with van der Waals surface area (Å²) in [6.07, 6.45) is 6.86. The van der Waals surface area contributed by atoms with Crippen LogP contribution in [-0.4, -0.2) is 16.1 Å². The Labute approximate surface area is 399 Å². The standard InChI is InChI=1S/C65H43N3O/c1-3-14-41(15-4-1)42-26-28-44(29-27-42)59-35-34-58(43-16-5-2-6-17-43)66-65(67-59)54-23-13-25-63-64(54)57-39-46(31-37-62(57)69-63)45-30-36-61-56(38-45)53-22-11-12-24-60(53)68(61)47-32-33-52-50-20-8-7-18-48(50)49-19-9-10-21-51(49)55(52)40-47/h1-12,14-24,26-34,36-40H,13,25,35H2. The maximum atomic E-state index is 6.71. The summed E-state index contributed by atoms with van der Waals surface area (Å²) in [5.74, 6) is 1.69. The summed E-state index contributed by atoms with van der Waals surface area (Å²) in [5, 5.41) is 11.2. The van der Waals surface area contributed by atoms with Crippen LogP contribution >= 0.6 is 0 Å². The highest BCUT2D eigenvalue weighted by atomic mass is 16.3. The van der Waals surface area contributed by atoms with Crippen LogP contribution in [-0.2, 0) is 6.42 Å². The fraction of sp³-hybridized carbons (Fsp3) is 0.0462. The highest BCUT2D eigenvalue weighted by Crippen LogP contribution is 2.43. The molecule has 0 saturated carbocycles. The van der Waals surface area contributed by atoms with Crippen LogP contribution in [0.1, 0.15) is 35.3 Å². The minimum absolute atomic E-state index is 0.659. The molecule has 4 nitrogen and oxygen atoms in total. The molecule has 12 aromatic rings. The van der Waals surface area contributed by atoms with Crippen molar-refractivity contribution < 1.29 is 4.42 Å². The zero-order valence-corrected chi connectivity index (χ0v) is 37.7. The number of aryl methyl sites for hydroxylation is 1. The van der Waals surface area contributed by atoms with Gasteiger partial charge in [0.05, 0.1) is 22.4 Å². The summed E-state index contributed by atoms with van der Waals surface area (Å²) in [6.45, 7) is 0. The van der Waals surface area contributed by atoms with Crippen molar-refractivity contribution in [2.45, 2.75) is 19.3 Å². The van der Waals surface area contributed by atoms with Gasteiger partial charge in [-0.15, -0.1) is 0 Å². The highest BCUT2D eigenvalue weighted by Gasteiger charge is 2.27. The van der Waals surface area contributed by atoms with Crippen molar-refractivity contribution in [1.29, 1.82) is 0 Å². The number of fused-ring (bicyclic) bond motifs is 12. The summed E-state index contributed by atoms with van der Waals surface area (Å²) in [4.78, 5) is 10.8. The smallest absolute Gasteiger partial charge is 0.160 e. The van der Waals surface area contributed by atoms with Gasteiger partial charge in [0.15, 0.2) is 5.84 Å². The molecular weight excluding hydrogens is 839 g/mol. The lowest BCUT2D eigenvalue weighted by atomic mass is 9.92. The van der Waals surface area contributed by atoms with E-state index in [2.05, 4.69) is 229 Å². The van der Waals surface area contributed by atoms with Gasteiger partial charge in [-0.3, -0.25) is 0 Å². The predicted octanol–water partition coefficient (Wildman–Crippen LogP) is 17.0. The quantitative estimate of drug-likeness (QED) is 0.153. The molecule has 3 heterocycles. The average Bonchev–Trinajstić information content (AvgIpc) is 3.87. The molecule has 0 atom stereocenters. The molecule has 0 saturated heterocycles. The molecule has 0 amide bonds. The number of aromatic nitrogens is 1. The Morgan fingerprint density at radius 1 is 0.391 bits per heavy atom. The summed E-state index contributed by atoms with van der Waals surface area (Å²) < 4.78 is 9.14. The van der Waals surface area contributed by atoms with Crippen LogP contribution in [0.3, 0.4) is 0 Å². The molecule has 0 radical (unpaired) electrons. The largest absolute Gasteiger partial charge is 0.460 e. The third kappa shape index (κ3) is 6.52. The average molecular weight is 882 g/mol. The van der Waals surface area contributed by atoms with Crippen LogP contribution in [0.15, 0.2) is 239 Å². The SMILES string of the molecule is C1=C(c2ccccc2)N=C(C2=CCCc3oc4ccc(-c5ccc6c(c5)c5ccccc5n6-c5ccc6c7ccccc7c7ccccc7c6c5)cc4c32)N=C(c2ccc(-c3ccccc3)cc2)C1. The first-order valence-corrected chi connectivity index (χ1v) is 23.9. The van der Waals surface area contributed by atoms with Gasteiger partial charge < -0.3 is 8.98 Å². The van der Waals surface area contributed by atoms with Gasteiger partial charge in [0.2, 0.25) is 0 Å². The number of hydrogen-bond acceptors (Lipinski definition) is 3. The van der Waals surface area contributed by atoms with Crippen molar-refractivity contribution in [1.82, 2.24) is 4.57 Å². The molecule has 14 rings (SSSR count). The topological polar surface area (TPSA) is 42.8 Å². The van der Waals surface area contributed by atoms with Gasteiger partial charge in [-0.2, -0.15) is 0 Å². The van der Waals surface area contributed by atoms with E-state index >= 15 is 0 Å². The second kappa shape index (κ2) is 15.9. The second-order valence-corrected chi connectivity index (χ2v) is 18.3. The number of aliphatic imine (C=N–C) groups is 2. The van der Waals surface area contributed by atoms with Crippen LogP contribution < -0.4 is 0 Å². The monoisotopic (exact) mass is 881 g/mol. The Kier molecular flexibility index (Phi) is 9.06. The fourth-order valence-electron chi connectivity index (χ4n) is 11.0. The first kappa shape index (κ1) is 39.3. The van der Waals surface area contributed by atoms with Crippen molar-refractivity contribution in [3.8, 4) is 27.9 Å². The summed E-state index contributed by atoms with van der Waals surface area (Å²) in [7, 11) is 0. The molecule has 0 fully saturated rings. The van der Waals surface area contributed by atoms with Gasteiger partial charge >= 0.3 is 0 Å². The summed E-state index contributed by atoms with van der Waals surface area (Å²) in [5.41, 5.74) is 15.2. The lowest BCUT2D eigenvalue weighted by Gasteiger charge is -2.15. The van der Waals surface area contributed by atoms with E-state index in [4.69, 9.17) is 14.4 Å². The van der Waals surface area contributed by atoms with E-state index in [9.17, 15) is 0 Å². The summed E-state index contributed by atoms with van der Waals surface area (Å²) in [6, 6.07) is 76.8. The third-order valence-corrected chi connectivity index (χ3v) is 14.3. The number of amidine groups is 1. The molecule has 10 aromatic carbocycles. The maximum absolute atomic E-state index is 6.71. The first-order valence-electron chi connectivity index (χ1n) is 23.9. The highest BCUT2D eigenvalue weighted by molar-refractivity contribution is 6.31. The van der Waals surface area contributed by atoms with Crippen molar-refractivity contribution >= 4 is 87.9 Å². The van der Waals surface area contributed by atoms with Gasteiger partial charge in [0.25, 0.3) is 0 Å². The first-order chi connectivity index (χ1) is 34.2. The van der Waals surface area contributed by atoms with E-state index in [1.165, 1.54) is 65.3 Å². The number of allylic oxidation sites excluding steroid dienone is 2. The van der Waals surface area contributed by atoms with Crippen LogP contribution in [0, 0.1) is 0 Å². The molecule has 4 heteroatoms. The minimum atomic E-state index is 0.659. The van der Waals surface area contributed by atoms with Crippen LogP contribution in [0.25, 0.3) is 104 Å². The summed E-state index contributed by atoms with van der Waals surface area (Å²) >= 11 is 0. The molecule has 0 unspecified atom stereocenters. The van der Waals surface area contributed by atoms with Gasteiger partial charge in [-0.25, -0.2) is 9.98 Å². The van der Waals surface area contributed by atoms with Gasteiger partial charge in [0.1, 0.15) is 11.3 Å². The Morgan fingerprint density at radius 3 is 1.70 bits per heavy atom. The van der Waals surface area contributed by atoms with Crippen LogP contribution in [0.5, 0.6) is 0 Å². The molecular formula is C65H43N3O. The normalized spacial score (nSPS) is 14.0. The minimum Gasteiger partial charge on any atom is -0.460 e. The molecule has 2 aromatic heterocycles. The molecule has 0 N–H and O–H groups in total. The number of furan rings is 1. The Balaban J connectivity index is 0.881. The zero-order chi connectivity index (χ0) is 45.4. The molecule has 69 heavy (non-hydrogen) atoms. The lowest BCUT2D eigenvalue weighted by Crippen LogP contribution is -2.09. The molecule has 324 valence electrons. The number of rotatable bonds is 6. The van der Waals surface area contributed by atoms with Crippen molar-refractivity contribution in [3.63, 3.8) is 0 Å². The van der Waals surface area contributed by atoms with Crippen molar-refractivity contribution in [3.05, 3.63) is 247 Å². The fourth-order valence-corrected chi connectivity index (χ4v) is 11.0. The number of hydrogen-bond donors (Lipinski definition) is 0. The van der Waals surface area contributed by atoms with Crippen molar-refractivity contribution in [2.75, 3.05) is 0 Å². The molecule has 2 aliphatic rings. The molecule has 0 spiro atoms. The van der Waals surface area contributed by atoms with E-state index < -0.39 is 0 Å². The lowest BCUT2D eigenvalue weighted by molar-refractivity contribution is 0.546. The second-order valence-electron chi connectivity index (χ2n) is 18.3. The van der Waals surface area contributed by atoms with Gasteiger partial charge in [0, 0.05) is 45.8 Å². The molecule has 0 bridgehead atoms. The number of nitrogens with zero attached hydrogens (tertiary/aromatic N) is 3. The Morgan fingerprint density at radius 2 is 0.957 bits per heavy atom. The van der Waals surface area contributed by atoms with E-state index in [-0.39, 0.29) is 0 Å². The van der Waals surface area contributed by atoms with Gasteiger partial charge in [-0.1, -0.05) is 182 Å². The number of para-hydroxylation sites is 1. The van der Waals surface area contributed by atoms with E-state index in [0.29, 0.717) is 12.3 Å². The number of benzene rings is 10. The maximum Gasteiger partial charge on any atom is 0.160 e. The Hall–Kier alpha value is -8.86.